The van der Waals surface area contributed by atoms with Gasteiger partial charge in [0.25, 0.3) is 0 Å². The van der Waals surface area contributed by atoms with Crippen LogP contribution in [-0.4, -0.2) is 34.1 Å². The molecule has 104 valence electrons. The molecule has 1 atom stereocenters. The third-order valence-corrected chi connectivity index (χ3v) is 8.19. The smallest absolute Gasteiger partial charge is 0.334 e. The maximum absolute atomic E-state index is 11.3. The van der Waals surface area contributed by atoms with Gasteiger partial charge in [0, 0.05) is 6.42 Å². The molecule has 1 aliphatic heterocycles. The summed E-state index contributed by atoms with van der Waals surface area (Å²) in [5.74, 6) is 0.317. The quantitative estimate of drug-likeness (QED) is 0.583. The summed E-state index contributed by atoms with van der Waals surface area (Å²) in [5.41, 5.74) is 0. The Hall–Kier alpha value is -0.813. The van der Waals surface area contributed by atoms with Crippen molar-refractivity contribution in [3.63, 3.8) is 0 Å². The van der Waals surface area contributed by atoms with Gasteiger partial charge in [0.15, 0.2) is 8.32 Å². The molecule has 18 heavy (non-hydrogen) atoms. The molecule has 0 aliphatic carbocycles. The summed E-state index contributed by atoms with van der Waals surface area (Å²) in [6.07, 6.45) is 1.76. The molecule has 0 fully saturated rings. The number of hydrogen-bond acceptors (Lipinski definition) is 4. The van der Waals surface area contributed by atoms with Crippen LogP contribution >= 0.6 is 0 Å². The zero-order valence-corrected chi connectivity index (χ0v) is 13.2. The Balaban J connectivity index is 2.55. The third-order valence-electron chi connectivity index (χ3n) is 3.69. The van der Waals surface area contributed by atoms with E-state index in [4.69, 9.17) is 13.9 Å². The molecule has 0 saturated heterocycles. The lowest BCUT2D eigenvalue weighted by Gasteiger charge is -2.37. The van der Waals surface area contributed by atoms with Gasteiger partial charge in [-0.25, -0.2) is 4.79 Å². The van der Waals surface area contributed by atoms with E-state index in [2.05, 4.69) is 33.9 Å². The van der Waals surface area contributed by atoms with Crippen LogP contribution in [0.2, 0.25) is 18.1 Å². The van der Waals surface area contributed by atoms with Crippen molar-refractivity contribution in [2.75, 3.05) is 13.7 Å². The number of esters is 1. The molecule has 1 rings (SSSR count). The molecule has 1 aliphatic rings. The monoisotopic (exact) mass is 272 g/mol. The lowest BCUT2D eigenvalue weighted by Crippen LogP contribution is -2.43. The van der Waals surface area contributed by atoms with Crippen molar-refractivity contribution < 1.29 is 18.7 Å². The molecule has 0 radical (unpaired) electrons. The van der Waals surface area contributed by atoms with Crippen LogP contribution in [0.25, 0.3) is 0 Å². The first-order valence-corrected chi connectivity index (χ1v) is 9.15. The highest BCUT2D eigenvalue weighted by Gasteiger charge is 2.38. The van der Waals surface area contributed by atoms with Gasteiger partial charge in [-0.3, -0.25) is 0 Å². The molecule has 0 saturated carbocycles. The van der Waals surface area contributed by atoms with E-state index < -0.39 is 8.32 Å². The molecule has 1 heterocycles. The van der Waals surface area contributed by atoms with Crippen LogP contribution < -0.4 is 0 Å². The van der Waals surface area contributed by atoms with E-state index >= 15 is 0 Å². The maximum atomic E-state index is 11.3. The lowest BCUT2D eigenvalue weighted by atomic mass is 10.2. The van der Waals surface area contributed by atoms with Gasteiger partial charge in [0.05, 0.1) is 19.8 Å². The highest BCUT2D eigenvalue weighted by atomic mass is 28.4. The number of hydrogen-bond donors (Lipinski definition) is 0. The van der Waals surface area contributed by atoms with Crippen LogP contribution in [0.15, 0.2) is 11.8 Å². The molecule has 0 spiro atoms. The summed E-state index contributed by atoms with van der Waals surface area (Å²) in [5, 5.41) is 0.158. The average molecular weight is 272 g/mol. The molecule has 5 heteroatoms. The molecule has 0 aromatic carbocycles. The van der Waals surface area contributed by atoms with E-state index in [9.17, 15) is 4.79 Å². The van der Waals surface area contributed by atoms with Crippen LogP contribution in [0.5, 0.6) is 0 Å². The number of ether oxygens (including phenoxy) is 2. The van der Waals surface area contributed by atoms with Gasteiger partial charge in [0.2, 0.25) is 0 Å². The number of cyclic esters (lactones) is 1. The van der Waals surface area contributed by atoms with E-state index in [-0.39, 0.29) is 17.1 Å². The molecule has 0 aromatic rings. The van der Waals surface area contributed by atoms with Crippen molar-refractivity contribution in [2.45, 2.75) is 51.4 Å². The molecule has 0 unspecified atom stereocenters. The highest BCUT2D eigenvalue weighted by Crippen LogP contribution is 2.36. The lowest BCUT2D eigenvalue weighted by molar-refractivity contribution is -0.147. The second kappa shape index (κ2) is 5.44. The topological polar surface area (TPSA) is 44.8 Å². The first-order valence-electron chi connectivity index (χ1n) is 6.25. The van der Waals surface area contributed by atoms with Gasteiger partial charge in [-0.15, -0.1) is 0 Å². The highest BCUT2D eigenvalue weighted by molar-refractivity contribution is 6.74. The predicted molar refractivity (Wildman–Crippen MR) is 72.7 cm³/mol. The fourth-order valence-corrected chi connectivity index (χ4v) is 2.44. The zero-order valence-electron chi connectivity index (χ0n) is 12.2. The Morgan fingerprint density at radius 2 is 2.06 bits per heavy atom. The Kier molecular flexibility index (Phi) is 4.61. The summed E-state index contributed by atoms with van der Waals surface area (Å²) in [6, 6.07) is 0. The molecule has 0 aromatic heterocycles. The van der Waals surface area contributed by atoms with Crippen LogP contribution in [0, 0.1) is 0 Å². The third kappa shape index (κ3) is 3.85. The SMILES string of the molecule is COC1=CC(=O)O[C@@H](CO[Si](C)(C)C(C)(C)C)C1. The van der Waals surface area contributed by atoms with E-state index in [1.54, 1.807) is 7.11 Å². The molecule has 0 bridgehead atoms. The predicted octanol–water partition coefficient (Wildman–Crippen LogP) is 2.85. The summed E-state index contributed by atoms with van der Waals surface area (Å²) < 4.78 is 16.4. The second-order valence-electron chi connectivity index (χ2n) is 6.15. The average Bonchev–Trinajstić information content (AvgIpc) is 2.24. The van der Waals surface area contributed by atoms with Gasteiger partial charge in [-0.1, -0.05) is 20.8 Å². The number of carbonyl (C=O) groups is 1. The summed E-state index contributed by atoms with van der Waals surface area (Å²) >= 11 is 0. The van der Waals surface area contributed by atoms with Crippen molar-refractivity contribution >= 4 is 14.3 Å². The minimum atomic E-state index is -1.79. The van der Waals surface area contributed by atoms with Crippen LogP contribution in [0.3, 0.4) is 0 Å². The zero-order chi connectivity index (χ0) is 14.0. The number of methoxy groups -OCH3 is 1. The molecule has 4 nitrogen and oxygen atoms in total. The van der Waals surface area contributed by atoms with E-state index in [1.165, 1.54) is 6.08 Å². The van der Waals surface area contributed by atoms with Crippen molar-refractivity contribution in [2.24, 2.45) is 0 Å². The van der Waals surface area contributed by atoms with Gasteiger partial charge < -0.3 is 13.9 Å². The second-order valence-corrected chi connectivity index (χ2v) is 11.0. The Morgan fingerprint density at radius 3 is 2.56 bits per heavy atom. The normalized spacial score (nSPS) is 21.3. The Labute approximate surface area is 110 Å². The van der Waals surface area contributed by atoms with Gasteiger partial charge in [0.1, 0.15) is 11.9 Å². The molecular weight excluding hydrogens is 248 g/mol. The number of carbonyl (C=O) groups excluding carboxylic acids is 1. The van der Waals surface area contributed by atoms with Crippen molar-refractivity contribution in [1.29, 1.82) is 0 Å². The molecular formula is C13H24O4Si. The maximum Gasteiger partial charge on any atom is 0.334 e. The Morgan fingerprint density at radius 1 is 1.44 bits per heavy atom. The first-order chi connectivity index (χ1) is 8.15. The van der Waals surface area contributed by atoms with Crippen LogP contribution in [0.1, 0.15) is 27.2 Å². The first kappa shape index (κ1) is 15.2. The van der Waals surface area contributed by atoms with Gasteiger partial charge in [-0.2, -0.15) is 0 Å². The fourth-order valence-electron chi connectivity index (χ4n) is 1.41. The van der Waals surface area contributed by atoms with Crippen molar-refractivity contribution in [3.05, 3.63) is 11.8 Å². The van der Waals surface area contributed by atoms with Crippen molar-refractivity contribution in [1.82, 2.24) is 0 Å². The summed E-state index contributed by atoms with van der Waals surface area (Å²) in [6.45, 7) is 11.4. The van der Waals surface area contributed by atoms with Gasteiger partial charge in [-0.05, 0) is 18.1 Å². The van der Waals surface area contributed by atoms with E-state index in [0.717, 1.165) is 0 Å². The van der Waals surface area contributed by atoms with Crippen LogP contribution in [-0.2, 0) is 18.7 Å². The molecule has 0 N–H and O–H groups in total. The molecule has 0 amide bonds. The van der Waals surface area contributed by atoms with E-state index in [1.807, 2.05) is 0 Å². The minimum Gasteiger partial charge on any atom is -0.501 e. The fraction of sp³-hybridized carbons (Fsp3) is 0.769. The van der Waals surface area contributed by atoms with Gasteiger partial charge >= 0.3 is 5.97 Å². The Bertz CT molecular complexity index is 341. The summed E-state index contributed by atoms with van der Waals surface area (Å²) in [7, 11) is -0.229. The van der Waals surface area contributed by atoms with Crippen LogP contribution in [0.4, 0.5) is 0 Å². The number of rotatable bonds is 4. The van der Waals surface area contributed by atoms with E-state index in [0.29, 0.717) is 18.8 Å². The minimum absolute atomic E-state index is 0.158. The standard InChI is InChI=1S/C13H24O4Si/c1-13(2,3)18(5,6)16-9-11-7-10(15-4)8-12(14)17-11/h8,11H,7,9H2,1-6H3/t11-/m1/s1. The largest absolute Gasteiger partial charge is 0.501 e. The van der Waals surface area contributed by atoms with Crippen molar-refractivity contribution in [3.8, 4) is 0 Å². The summed E-state index contributed by atoms with van der Waals surface area (Å²) in [4.78, 5) is 11.3.